The maximum absolute atomic E-state index is 11.4. The molecule has 0 aliphatic rings. The molecule has 5 heteroatoms. The quantitative estimate of drug-likeness (QED) is 0.762. The zero-order chi connectivity index (χ0) is 15.3. The zero-order valence-electron chi connectivity index (χ0n) is 12.4. The summed E-state index contributed by atoms with van der Waals surface area (Å²) < 4.78 is 5.82. The summed E-state index contributed by atoms with van der Waals surface area (Å²) in [6.45, 7) is 2.33. The Labute approximate surface area is 124 Å². The van der Waals surface area contributed by atoms with Crippen molar-refractivity contribution in [2.24, 2.45) is 5.73 Å². The van der Waals surface area contributed by atoms with E-state index in [4.69, 9.17) is 10.5 Å². The third kappa shape index (κ3) is 3.49. The number of carbonyl (C=O) groups excluding carboxylic acids is 1. The average Bonchev–Trinajstić information content (AvgIpc) is 2.51. The molecule has 21 heavy (non-hydrogen) atoms. The fraction of sp³-hybridized carbons (Fsp3) is 0.375. The Hall–Kier alpha value is -2.14. The van der Waals surface area contributed by atoms with Gasteiger partial charge in [-0.15, -0.1) is 0 Å². The van der Waals surface area contributed by atoms with Crippen LogP contribution < -0.4 is 15.8 Å². The smallest absolute Gasteiger partial charge is 0.237 e. The van der Waals surface area contributed by atoms with E-state index in [1.165, 1.54) is 0 Å². The molecule has 1 atom stereocenters. The van der Waals surface area contributed by atoms with Crippen LogP contribution in [0.3, 0.4) is 0 Å². The first kappa shape index (κ1) is 15.3. The molecule has 1 aromatic carbocycles. The van der Waals surface area contributed by atoms with Crippen LogP contribution in [-0.2, 0) is 4.79 Å². The first-order chi connectivity index (χ1) is 10.1. The monoisotopic (exact) mass is 287 g/mol. The maximum atomic E-state index is 11.4. The van der Waals surface area contributed by atoms with E-state index in [1.807, 2.05) is 30.3 Å². The van der Waals surface area contributed by atoms with Crippen LogP contribution in [0.2, 0.25) is 0 Å². The van der Waals surface area contributed by atoms with Crippen molar-refractivity contribution in [1.29, 1.82) is 0 Å². The van der Waals surface area contributed by atoms with Crippen molar-refractivity contribution < 1.29 is 9.53 Å². The highest BCUT2D eigenvalue weighted by atomic mass is 16.5. The molecule has 1 aromatic heterocycles. The molecular weight excluding hydrogens is 266 g/mol. The third-order valence-electron chi connectivity index (χ3n) is 3.78. The summed E-state index contributed by atoms with van der Waals surface area (Å²) in [4.78, 5) is 15.7. The van der Waals surface area contributed by atoms with E-state index < -0.39 is 5.54 Å². The van der Waals surface area contributed by atoms with Crippen molar-refractivity contribution in [2.75, 3.05) is 13.7 Å². The van der Waals surface area contributed by atoms with Gasteiger partial charge in [-0.1, -0.05) is 6.07 Å². The average molecular weight is 287 g/mol. The molecule has 112 valence electrons. The number of fused-ring (bicyclic) bond motifs is 1. The minimum Gasteiger partial charge on any atom is -0.493 e. The molecule has 5 nitrogen and oxygen atoms in total. The Morgan fingerprint density at radius 3 is 2.90 bits per heavy atom. The summed E-state index contributed by atoms with van der Waals surface area (Å²) in [7, 11) is 1.74. The summed E-state index contributed by atoms with van der Waals surface area (Å²) >= 11 is 0. The first-order valence-corrected chi connectivity index (χ1v) is 7.02. The number of amides is 1. The van der Waals surface area contributed by atoms with Gasteiger partial charge in [0.05, 0.1) is 17.7 Å². The van der Waals surface area contributed by atoms with E-state index in [0.29, 0.717) is 13.0 Å². The number of nitrogens with zero attached hydrogens (tertiary/aromatic N) is 1. The van der Waals surface area contributed by atoms with Gasteiger partial charge in [-0.2, -0.15) is 0 Å². The molecular formula is C16H21N3O2. The molecule has 0 aliphatic heterocycles. The standard InChI is InChI=1S/C16H21N3O2/c1-16(18-2,15(17)20)9-5-11-21-14-8-3-7-13-12(14)6-4-10-19-13/h3-4,6-8,10,18H,5,9,11H2,1-2H3,(H2,17,20). The van der Waals surface area contributed by atoms with Gasteiger partial charge >= 0.3 is 0 Å². The minimum atomic E-state index is -0.691. The highest BCUT2D eigenvalue weighted by Crippen LogP contribution is 2.24. The van der Waals surface area contributed by atoms with Crippen LogP contribution in [0.15, 0.2) is 36.5 Å². The van der Waals surface area contributed by atoms with Crippen molar-refractivity contribution in [3.8, 4) is 5.75 Å². The molecule has 0 bridgehead atoms. The van der Waals surface area contributed by atoms with E-state index in [-0.39, 0.29) is 5.91 Å². The molecule has 0 fully saturated rings. The van der Waals surface area contributed by atoms with Crippen molar-refractivity contribution in [3.63, 3.8) is 0 Å². The van der Waals surface area contributed by atoms with Gasteiger partial charge in [-0.05, 0) is 51.1 Å². The number of likely N-dealkylation sites (N-methyl/N-ethyl adjacent to an activating group) is 1. The topological polar surface area (TPSA) is 77.2 Å². The van der Waals surface area contributed by atoms with Crippen molar-refractivity contribution in [1.82, 2.24) is 10.3 Å². The Kier molecular flexibility index (Phi) is 4.75. The molecule has 3 N–H and O–H groups in total. The van der Waals surface area contributed by atoms with Gasteiger partial charge in [-0.25, -0.2) is 0 Å². The van der Waals surface area contributed by atoms with Gasteiger partial charge in [0, 0.05) is 11.6 Å². The molecule has 0 saturated heterocycles. The van der Waals surface area contributed by atoms with Gasteiger partial charge in [0.25, 0.3) is 0 Å². The molecule has 1 unspecified atom stereocenters. The number of benzene rings is 1. The van der Waals surface area contributed by atoms with Gasteiger partial charge in [-0.3, -0.25) is 9.78 Å². The number of ether oxygens (including phenoxy) is 1. The minimum absolute atomic E-state index is 0.348. The van der Waals surface area contributed by atoms with E-state index in [0.717, 1.165) is 23.1 Å². The number of nitrogens with two attached hydrogens (primary N) is 1. The van der Waals surface area contributed by atoms with Crippen LogP contribution in [-0.4, -0.2) is 30.1 Å². The Balaban J connectivity index is 1.96. The largest absolute Gasteiger partial charge is 0.493 e. The van der Waals surface area contributed by atoms with Crippen LogP contribution in [0, 0.1) is 0 Å². The normalized spacial score (nSPS) is 13.8. The fourth-order valence-corrected chi connectivity index (χ4v) is 2.18. The van der Waals surface area contributed by atoms with Crippen molar-refractivity contribution in [2.45, 2.75) is 25.3 Å². The summed E-state index contributed by atoms with van der Waals surface area (Å²) in [5, 5.41) is 3.96. The summed E-state index contributed by atoms with van der Waals surface area (Å²) in [6.07, 6.45) is 3.12. The van der Waals surface area contributed by atoms with Gasteiger partial charge in [0.1, 0.15) is 5.75 Å². The van der Waals surface area contributed by atoms with Crippen LogP contribution in [0.1, 0.15) is 19.8 Å². The van der Waals surface area contributed by atoms with E-state index in [1.54, 1.807) is 20.2 Å². The SMILES string of the molecule is CNC(C)(CCCOc1cccc2ncccc12)C(N)=O. The highest BCUT2D eigenvalue weighted by Gasteiger charge is 2.28. The van der Waals surface area contributed by atoms with Crippen LogP contribution in [0.4, 0.5) is 0 Å². The molecule has 2 aromatic rings. The molecule has 1 amide bonds. The second kappa shape index (κ2) is 6.54. The van der Waals surface area contributed by atoms with Crippen molar-refractivity contribution >= 4 is 16.8 Å². The second-order valence-electron chi connectivity index (χ2n) is 5.22. The maximum Gasteiger partial charge on any atom is 0.237 e. The first-order valence-electron chi connectivity index (χ1n) is 7.02. The van der Waals surface area contributed by atoms with Crippen LogP contribution >= 0.6 is 0 Å². The molecule has 0 saturated carbocycles. The third-order valence-corrected chi connectivity index (χ3v) is 3.78. The number of rotatable bonds is 7. The van der Waals surface area contributed by atoms with Crippen LogP contribution in [0.25, 0.3) is 10.9 Å². The number of carbonyl (C=O) groups is 1. The van der Waals surface area contributed by atoms with E-state index in [2.05, 4.69) is 10.3 Å². The lowest BCUT2D eigenvalue weighted by atomic mass is 9.95. The number of pyridine rings is 1. The predicted octanol–water partition coefficient (Wildman–Crippen LogP) is 1.86. The Morgan fingerprint density at radius 1 is 1.38 bits per heavy atom. The van der Waals surface area contributed by atoms with E-state index in [9.17, 15) is 4.79 Å². The zero-order valence-corrected chi connectivity index (χ0v) is 12.4. The number of primary amides is 1. The lowest BCUT2D eigenvalue weighted by Crippen LogP contribution is -2.51. The Bertz CT molecular complexity index is 624. The number of hydrogen-bond acceptors (Lipinski definition) is 4. The van der Waals surface area contributed by atoms with Gasteiger partial charge in [0.15, 0.2) is 0 Å². The predicted molar refractivity (Wildman–Crippen MR) is 83.1 cm³/mol. The van der Waals surface area contributed by atoms with Gasteiger partial charge < -0.3 is 15.8 Å². The lowest BCUT2D eigenvalue weighted by molar-refractivity contribution is -0.123. The number of aromatic nitrogens is 1. The molecule has 0 aliphatic carbocycles. The number of hydrogen-bond donors (Lipinski definition) is 2. The summed E-state index contributed by atoms with van der Waals surface area (Å²) in [5.41, 5.74) is 5.62. The lowest BCUT2D eigenvalue weighted by Gasteiger charge is -2.25. The summed E-state index contributed by atoms with van der Waals surface area (Å²) in [5.74, 6) is 0.463. The second-order valence-corrected chi connectivity index (χ2v) is 5.22. The fourth-order valence-electron chi connectivity index (χ4n) is 2.18. The van der Waals surface area contributed by atoms with Crippen molar-refractivity contribution in [3.05, 3.63) is 36.5 Å². The van der Waals surface area contributed by atoms with E-state index >= 15 is 0 Å². The Morgan fingerprint density at radius 2 is 2.19 bits per heavy atom. The van der Waals surface area contributed by atoms with Crippen LogP contribution in [0.5, 0.6) is 5.75 Å². The van der Waals surface area contributed by atoms with Gasteiger partial charge in [0.2, 0.25) is 5.91 Å². The summed E-state index contributed by atoms with van der Waals surface area (Å²) in [6, 6.07) is 9.67. The molecule has 0 radical (unpaired) electrons. The molecule has 1 heterocycles. The molecule has 0 spiro atoms. The highest BCUT2D eigenvalue weighted by molar-refractivity contribution is 5.85. The number of nitrogens with one attached hydrogen (secondary N) is 1. The molecule has 2 rings (SSSR count).